The summed E-state index contributed by atoms with van der Waals surface area (Å²) in [6.07, 6.45) is -4.41. The number of benzene rings is 3. The molecule has 1 aliphatic rings. The van der Waals surface area contributed by atoms with Crippen molar-refractivity contribution >= 4 is 22.4 Å². The van der Waals surface area contributed by atoms with Gasteiger partial charge in [0.15, 0.2) is 0 Å². The first kappa shape index (κ1) is 19.2. The van der Waals surface area contributed by atoms with E-state index in [4.69, 9.17) is 11.6 Å². The highest BCUT2D eigenvalue weighted by Gasteiger charge is 2.33. The van der Waals surface area contributed by atoms with E-state index in [9.17, 15) is 13.2 Å². The molecule has 1 heterocycles. The normalized spacial score (nSPS) is 17.0. The largest absolute Gasteiger partial charge is 0.416 e. The zero-order chi connectivity index (χ0) is 19.7. The lowest BCUT2D eigenvalue weighted by Crippen LogP contribution is -2.45. The molecule has 28 heavy (non-hydrogen) atoms. The predicted octanol–water partition coefficient (Wildman–Crippen LogP) is 5.51. The van der Waals surface area contributed by atoms with Gasteiger partial charge in [0.25, 0.3) is 0 Å². The Bertz CT molecular complexity index is 976. The molecule has 6 heteroatoms. The van der Waals surface area contributed by atoms with Gasteiger partial charge >= 0.3 is 6.18 Å². The molecular formula is C22H20ClF3N2. The van der Waals surface area contributed by atoms with Crippen LogP contribution in [-0.2, 0) is 6.18 Å². The molecule has 1 saturated heterocycles. The summed E-state index contributed by atoms with van der Waals surface area (Å²) in [5.41, 5.74) is 0.795. The Labute approximate surface area is 166 Å². The van der Waals surface area contributed by atoms with Crippen molar-refractivity contribution in [3.63, 3.8) is 0 Å². The molecule has 0 saturated carbocycles. The number of alkyl halides is 3. The van der Waals surface area contributed by atoms with Crippen LogP contribution in [-0.4, -0.2) is 31.1 Å². The summed E-state index contributed by atoms with van der Waals surface area (Å²) in [5, 5.41) is 5.74. The minimum absolute atomic E-state index is 0.344. The molecular weight excluding hydrogens is 385 g/mol. The summed E-state index contributed by atoms with van der Waals surface area (Å²) in [6.45, 7) is 3.05. The van der Waals surface area contributed by atoms with Gasteiger partial charge in [-0.1, -0.05) is 54.1 Å². The summed E-state index contributed by atoms with van der Waals surface area (Å²) in [7, 11) is 0. The second-order valence-electron chi connectivity index (χ2n) is 6.99. The number of halogens is 4. The van der Waals surface area contributed by atoms with E-state index in [2.05, 4.69) is 10.2 Å². The van der Waals surface area contributed by atoms with Crippen molar-refractivity contribution in [2.45, 2.75) is 12.2 Å². The van der Waals surface area contributed by atoms with Crippen molar-refractivity contribution < 1.29 is 13.2 Å². The van der Waals surface area contributed by atoms with E-state index in [-0.39, 0.29) is 6.04 Å². The van der Waals surface area contributed by atoms with Gasteiger partial charge < -0.3 is 5.32 Å². The molecule has 0 spiro atoms. The van der Waals surface area contributed by atoms with Crippen LogP contribution in [0.3, 0.4) is 0 Å². The van der Waals surface area contributed by atoms with Crippen LogP contribution >= 0.6 is 11.6 Å². The maximum Gasteiger partial charge on any atom is 0.416 e. The second-order valence-corrected chi connectivity index (χ2v) is 7.40. The predicted molar refractivity (Wildman–Crippen MR) is 107 cm³/mol. The standard InChI is InChI=1S/C22H20ClF3N2/c23-20-9-8-16(22(24,25)26)14-19(20)21(28-12-10-27-11-13-28)18-7-3-5-15-4-1-2-6-17(15)18/h1-9,14,21,27H,10-13H2. The van der Waals surface area contributed by atoms with E-state index < -0.39 is 11.7 Å². The number of hydrogen-bond donors (Lipinski definition) is 1. The average Bonchev–Trinajstić information content (AvgIpc) is 2.70. The van der Waals surface area contributed by atoms with Gasteiger partial charge in [0, 0.05) is 31.2 Å². The number of piperazine rings is 1. The lowest BCUT2D eigenvalue weighted by Gasteiger charge is -2.36. The molecule has 1 N–H and O–H groups in total. The first-order valence-electron chi connectivity index (χ1n) is 9.24. The summed E-state index contributed by atoms with van der Waals surface area (Å²) < 4.78 is 40.2. The van der Waals surface area contributed by atoms with Gasteiger partial charge in [0.1, 0.15) is 0 Å². The number of nitrogens with zero attached hydrogens (tertiary/aromatic N) is 1. The molecule has 3 aromatic carbocycles. The summed E-state index contributed by atoms with van der Waals surface area (Å²) in [5.74, 6) is 0. The van der Waals surface area contributed by atoms with Gasteiger partial charge in [-0.25, -0.2) is 0 Å². The van der Waals surface area contributed by atoms with Crippen LogP contribution in [0.15, 0.2) is 60.7 Å². The Balaban J connectivity index is 1.92. The van der Waals surface area contributed by atoms with Crippen molar-refractivity contribution in [1.29, 1.82) is 0 Å². The third-order valence-corrected chi connectivity index (χ3v) is 5.60. The quantitative estimate of drug-likeness (QED) is 0.619. The first-order chi connectivity index (χ1) is 13.4. The van der Waals surface area contributed by atoms with Crippen LogP contribution in [0.5, 0.6) is 0 Å². The topological polar surface area (TPSA) is 15.3 Å². The lowest BCUT2D eigenvalue weighted by atomic mass is 9.91. The number of hydrogen-bond acceptors (Lipinski definition) is 2. The van der Waals surface area contributed by atoms with Gasteiger partial charge in [-0.05, 0) is 40.1 Å². The maximum atomic E-state index is 13.4. The second kappa shape index (κ2) is 7.74. The molecule has 4 rings (SSSR count). The third-order valence-electron chi connectivity index (χ3n) is 5.25. The molecule has 0 aromatic heterocycles. The van der Waals surface area contributed by atoms with Gasteiger partial charge in [-0.3, -0.25) is 4.90 Å². The summed E-state index contributed by atoms with van der Waals surface area (Å²) in [4.78, 5) is 2.21. The fourth-order valence-electron chi connectivity index (χ4n) is 3.92. The van der Waals surface area contributed by atoms with Gasteiger partial charge in [0.05, 0.1) is 11.6 Å². The van der Waals surface area contributed by atoms with Crippen molar-refractivity contribution in [1.82, 2.24) is 10.2 Å². The number of fused-ring (bicyclic) bond motifs is 1. The van der Waals surface area contributed by atoms with E-state index in [1.807, 2.05) is 42.5 Å². The Kier molecular flexibility index (Phi) is 5.32. The molecule has 3 aromatic rings. The van der Waals surface area contributed by atoms with E-state index in [1.54, 1.807) is 0 Å². The van der Waals surface area contributed by atoms with Crippen molar-refractivity contribution in [2.24, 2.45) is 0 Å². The zero-order valence-electron chi connectivity index (χ0n) is 15.1. The van der Waals surface area contributed by atoms with Crippen LogP contribution in [0.25, 0.3) is 10.8 Å². The highest BCUT2D eigenvalue weighted by molar-refractivity contribution is 6.31. The summed E-state index contributed by atoms with van der Waals surface area (Å²) >= 11 is 6.45. The van der Waals surface area contributed by atoms with Gasteiger partial charge in [-0.15, -0.1) is 0 Å². The van der Waals surface area contributed by atoms with Crippen molar-refractivity contribution in [3.05, 3.63) is 82.4 Å². The van der Waals surface area contributed by atoms with E-state index in [0.29, 0.717) is 10.6 Å². The van der Waals surface area contributed by atoms with Crippen LogP contribution in [0.1, 0.15) is 22.7 Å². The monoisotopic (exact) mass is 404 g/mol. The first-order valence-corrected chi connectivity index (χ1v) is 9.62. The fourth-order valence-corrected chi connectivity index (χ4v) is 4.14. The third kappa shape index (κ3) is 3.75. The maximum absolute atomic E-state index is 13.4. The SMILES string of the molecule is FC(F)(F)c1ccc(Cl)c(C(c2cccc3ccccc23)N2CCNCC2)c1. The van der Waals surface area contributed by atoms with Crippen molar-refractivity contribution in [2.75, 3.05) is 26.2 Å². The number of rotatable bonds is 3. The minimum atomic E-state index is -4.41. The van der Waals surface area contributed by atoms with Gasteiger partial charge in [-0.2, -0.15) is 13.2 Å². The smallest absolute Gasteiger partial charge is 0.314 e. The van der Waals surface area contributed by atoms with E-state index in [1.165, 1.54) is 12.1 Å². The minimum Gasteiger partial charge on any atom is -0.314 e. The Morgan fingerprint density at radius 1 is 0.893 bits per heavy atom. The molecule has 0 radical (unpaired) electrons. The Hall–Kier alpha value is -2.08. The molecule has 2 nitrogen and oxygen atoms in total. The Morgan fingerprint density at radius 3 is 2.36 bits per heavy atom. The van der Waals surface area contributed by atoms with E-state index in [0.717, 1.165) is 48.6 Å². The molecule has 1 aliphatic heterocycles. The van der Waals surface area contributed by atoms with Crippen LogP contribution in [0.4, 0.5) is 13.2 Å². The molecule has 0 bridgehead atoms. The highest BCUT2D eigenvalue weighted by atomic mass is 35.5. The van der Waals surface area contributed by atoms with Crippen LogP contribution in [0.2, 0.25) is 5.02 Å². The zero-order valence-corrected chi connectivity index (χ0v) is 15.9. The van der Waals surface area contributed by atoms with Crippen LogP contribution < -0.4 is 5.32 Å². The van der Waals surface area contributed by atoms with Crippen molar-refractivity contribution in [3.8, 4) is 0 Å². The molecule has 1 atom stereocenters. The molecule has 1 unspecified atom stereocenters. The molecule has 0 aliphatic carbocycles. The Morgan fingerprint density at radius 2 is 1.61 bits per heavy atom. The summed E-state index contributed by atoms with van der Waals surface area (Å²) in [6, 6.07) is 17.2. The fraction of sp³-hybridized carbons (Fsp3) is 0.273. The lowest BCUT2D eigenvalue weighted by molar-refractivity contribution is -0.137. The molecule has 146 valence electrons. The number of nitrogens with one attached hydrogen (secondary N) is 1. The van der Waals surface area contributed by atoms with Gasteiger partial charge in [0.2, 0.25) is 0 Å². The van der Waals surface area contributed by atoms with E-state index >= 15 is 0 Å². The highest BCUT2D eigenvalue weighted by Crippen LogP contribution is 2.40. The average molecular weight is 405 g/mol. The molecule has 1 fully saturated rings. The molecule has 0 amide bonds. The van der Waals surface area contributed by atoms with Crippen LogP contribution in [0, 0.1) is 0 Å².